The van der Waals surface area contributed by atoms with E-state index in [1.165, 1.54) is 11.3 Å². The van der Waals surface area contributed by atoms with Crippen LogP contribution in [0.5, 0.6) is 11.5 Å². The van der Waals surface area contributed by atoms with Gasteiger partial charge in [-0.15, -0.1) is 11.3 Å². The fourth-order valence-electron chi connectivity index (χ4n) is 7.85. The molecule has 0 spiro atoms. The maximum absolute atomic E-state index is 14.5. The topological polar surface area (TPSA) is 209 Å². The zero-order valence-electron chi connectivity index (χ0n) is 35.5. The fraction of sp³-hybridized carbons (Fsp3) is 0.489. The van der Waals surface area contributed by atoms with Gasteiger partial charge in [0.25, 0.3) is 0 Å². The van der Waals surface area contributed by atoms with Crippen molar-refractivity contribution in [3.8, 4) is 22.2 Å². The van der Waals surface area contributed by atoms with Crippen LogP contribution in [0.2, 0.25) is 0 Å². The van der Waals surface area contributed by atoms with Gasteiger partial charge in [-0.1, -0.05) is 38.8 Å². The number of thiazole rings is 1. The molecular formula is C45H57N7O7S2. The van der Waals surface area contributed by atoms with Gasteiger partial charge >= 0.3 is 0 Å². The zero-order chi connectivity index (χ0) is 43.6. The number of nitrogens with one attached hydrogen (secondary N) is 2. The van der Waals surface area contributed by atoms with Crippen molar-refractivity contribution in [2.75, 3.05) is 24.7 Å². The van der Waals surface area contributed by atoms with E-state index in [9.17, 15) is 22.8 Å². The van der Waals surface area contributed by atoms with Gasteiger partial charge in [-0.25, -0.2) is 18.4 Å². The van der Waals surface area contributed by atoms with Gasteiger partial charge in [-0.3, -0.25) is 19.1 Å². The Morgan fingerprint density at radius 2 is 1.80 bits per heavy atom. The normalized spacial score (nSPS) is 21.1. The first-order valence-corrected chi connectivity index (χ1v) is 23.5. The summed E-state index contributed by atoms with van der Waals surface area (Å²) < 4.78 is 38.7. The molecule has 2 aromatic heterocycles. The van der Waals surface area contributed by atoms with Crippen LogP contribution in [0.15, 0.2) is 60.0 Å². The molecule has 326 valence electrons. The molecule has 3 heterocycles. The average molecular weight is 872 g/mol. The number of ether oxygens (including phenoxy) is 2. The summed E-state index contributed by atoms with van der Waals surface area (Å²) in [5.41, 5.74) is 16.5. The van der Waals surface area contributed by atoms with Gasteiger partial charge in [-0.05, 0) is 101 Å². The number of nitrogen functional groups attached to an aromatic ring is 1. The standard InChI is InChI=1S/C45H57N7O7S2/c1-26(2)36-25-60-43(50-36)35-23-39(32-17-18-38(58-5)27(3)40(32)49-35)59-31-22-37(41(47)53)52(24-31)44(55)34(48-30-15-13-29(46)14-16-30)12-10-8-6-7-9-11-28-21-33(28)42(54)51-61(56,57)45(4)19-20-45/h9,11,13-18,23,25-26,28,31,33-34,37,48H,6-8,10,12,19-22,24,46H2,1-5H3,(H2,47,53)(H,51,54)/b11-9-/t28-,31-,33+,34+,37+/m1/s1. The lowest BCUT2D eigenvalue weighted by atomic mass is 10.0. The number of sulfonamides is 1. The van der Waals surface area contributed by atoms with Crippen LogP contribution in [0.4, 0.5) is 11.4 Å². The first kappa shape index (κ1) is 43.9. The summed E-state index contributed by atoms with van der Waals surface area (Å²) in [7, 11) is -2.01. The van der Waals surface area contributed by atoms with Crippen molar-refractivity contribution >= 4 is 61.4 Å². The Labute approximate surface area is 361 Å². The third-order valence-electron chi connectivity index (χ3n) is 12.2. The van der Waals surface area contributed by atoms with E-state index in [4.69, 9.17) is 30.9 Å². The third-order valence-corrected chi connectivity index (χ3v) is 15.2. The number of unbranched alkanes of at least 4 members (excludes halogenated alkanes) is 3. The number of amides is 3. The number of fused-ring (bicyclic) bond motifs is 1. The van der Waals surface area contributed by atoms with Gasteiger partial charge in [0.1, 0.15) is 40.4 Å². The third kappa shape index (κ3) is 9.96. The number of benzene rings is 2. The predicted molar refractivity (Wildman–Crippen MR) is 239 cm³/mol. The second-order valence-corrected chi connectivity index (χ2v) is 20.3. The Hall–Kier alpha value is -5.22. The SMILES string of the molecule is COc1ccc2c(O[C@@H]3C[C@@H](C(N)=O)N(C(=O)[C@H](CCCCC/C=C\[C@@H]4C[C@@H]4C(=O)NS(=O)(=O)C4(C)CC4)Nc4ccc(N)cc4)C3)cc(-c3nc(C(C)C)cs3)nc2c1C. The number of likely N-dealkylation sites (tertiary alicyclic amines) is 1. The minimum atomic E-state index is -3.63. The predicted octanol–water partition coefficient (Wildman–Crippen LogP) is 6.84. The number of pyridine rings is 1. The molecule has 1 saturated heterocycles. The Balaban J connectivity index is 1.01. The maximum Gasteiger partial charge on any atom is 0.245 e. The summed E-state index contributed by atoms with van der Waals surface area (Å²) in [6.07, 6.45) is 9.29. The van der Waals surface area contributed by atoms with Crippen LogP contribution in [0.3, 0.4) is 0 Å². The second-order valence-electron chi connectivity index (χ2n) is 17.2. The lowest BCUT2D eigenvalue weighted by Gasteiger charge is -2.28. The molecule has 2 aromatic carbocycles. The smallest absolute Gasteiger partial charge is 0.245 e. The Morgan fingerprint density at radius 1 is 1.05 bits per heavy atom. The Morgan fingerprint density at radius 3 is 2.48 bits per heavy atom. The first-order valence-electron chi connectivity index (χ1n) is 21.1. The number of aromatic nitrogens is 2. The van der Waals surface area contributed by atoms with E-state index in [0.29, 0.717) is 54.1 Å². The molecule has 5 atom stereocenters. The van der Waals surface area contributed by atoms with Crippen LogP contribution in [0.25, 0.3) is 21.6 Å². The van der Waals surface area contributed by atoms with Crippen molar-refractivity contribution in [2.24, 2.45) is 17.6 Å². The van der Waals surface area contributed by atoms with Crippen molar-refractivity contribution < 1.29 is 32.3 Å². The Bertz CT molecular complexity index is 2410. The molecular weight excluding hydrogens is 815 g/mol. The molecule has 3 fully saturated rings. The van der Waals surface area contributed by atoms with Crippen LogP contribution in [0.1, 0.15) is 95.7 Å². The van der Waals surface area contributed by atoms with E-state index in [1.54, 1.807) is 31.1 Å². The molecule has 1 aliphatic heterocycles. The molecule has 2 aliphatic carbocycles. The summed E-state index contributed by atoms with van der Waals surface area (Å²) in [4.78, 5) is 51.4. The molecule has 3 amide bonds. The molecule has 0 bridgehead atoms. The minimum absolute atomic E-state index is 0.0441. The molecule has 3 aliphatic rings. The van der Waals surface area contributed by atoms with Gasteiger partial charge in [0.2, 0.25) is 27.7 Å². The molecule has 0 radical (unpaired) electrons. The molecule has 16 heteroatoms. The highest BCUT2D eigenvalue weighted by Gasteiger charge is 2.52. The van der Waals surface area contributed by atoms with Crippen LogP contribution < -0.4 is 31.0 Å². The molecule has 2 saturated carbocycles. The van der Waals surface area contributed by atoms with Gasteiger partial charge < -0.3 is 31.2 Å². The first-order chi connectivity index (χ1) is 29.1. The molecule has 61 heavy (non-hydrogen) atoms. The van der Waals surface area contributed by atoms with Crippen LogP contribution in [-0.2, 0) is 24.4 Å². The lowest BCUT2D eigenvalue weighted by molar-refractivity contribution is -0.138. The van der Waals surface area contributed by atoms with Gasteiger partial charge in [-0.2, -0.15) is 0 Å². The van der Waals surface area contributed by atoms with Crippen LogP contribution >= 0.6 is 11.3 Å². The summed E-state index contributed by atoms with van der Waals surface area (Å²) in [6, 6.07) is 11.3. The van der Waals surface area contributed by atoms with Gasteiger partial charge in [0.05, 0.1) is 29.6 Å². The number of carbonyl (C=O) groups is 3. The summed E-state index contributed by atoms with van der Waals surface area (Å²) >= 11 is 1.52. The number of carbonyl (C=O) groups excluding carboxylic acids is 3. The number of aryl methyl sites for hydroxylation is 1. The number of hydrogen-bond acceptors (Lipinski definition) is 12. The fourth-order valence-corrected chi connectivity index (χ4v) is 10.1. The minimum Gasteiger partial charge on any atom is -0.496 e. The number of nitrogens with zero attached hydrogens (tertiary/aromatic N) is 3. The van der Waals surface area contributed by atoms with Gasteiger partial charge in [0, 0.05) is 46.1 Å². The molecule has 7 rings (SSSR count). The quantitative estimate of drug-likeness (QED) is 0.0436. The number of methoxy groups -OCH3 is 1. The van der Waals surface area contributed by atoms with E-state index < -0.39 is 44.8 Å². The van der Waals surface area contributed by atoms with Crippen LogP contribution in [-0.4, -0.2) is 77.6 Å². The summed E-state index contributed by atoms with van der Waals surface area (Å²) in [6.45, 7) is 7.97. The number of hydrogen-bond donors (Lipinski definition) is 4. The summed E-state index contributed by atoms with van der Waals surface area (Å²) in [5, 5.41) is 6.97. The monoisotopic (exact) mass is 871 g/mol. The molecule has 6 N–H and O–H groups in total. The van der Waals surface area contributed by atoms with Gasteiger partial charge in [0.15, 0.2) is 0 Å². The van der Waals surface area contributed by atoms with E-state index in [0.717, 1.165) is 53.0 Å². The average Bonchev–Trinajstić information content (AvgIpc) is 4.06. The molecule has 4 aromatic rings. The van der Waals surface area contributed by atoms with Crippen LogP contribution in [0, 0.1) is 18.8 Å². The van der Waals surface area contributed by atoms with E-state index in [2.05, 4.69) is 30.0 Å². The van der Waals surface area contributed by atoms with Crippen molar-refractivity contribution in [1.82, 2.24) is 19.6 Å². The van der Waals surface area contributed by atoms with E-state index in [-0.39, 0.29) is 36.6 Å². The highest BCUT2D eigenvalue weighted by atomic mass is 32.2. The molecule has 0 unspecified atom stereocenters. The van der Waals surface area contributed by atoms with Crippen molar-refractivity contribution in [3.63, 3.8) is 0 Å². The van der Waals surface area contributed by atoms with E-state index in [1.807, 2.05) is 48.7 Å². The number of rotatable bonds is 19. The number of primary amides is 1. The largest absolute Gasteiger partial charge is 0.496 e. The Kier molecular flexibility index (Phi) is 13.0. The lowest BCUT2D eigenvalue weighted by Crippen LogP contribution is -2.49. The maximum atomic E-state index is 14.5. The van der Waals surface area contributed by atoms with Crippen molar-refractivity contribution in [3.05, 3.63) is 71.3 Å². The highest BCUT2D eigenvalue weighted by molar-refractivity contribution is 7.91. The number of anilines is 2. The van der Waals surface area contributed by atoms with E-state index >= 15 is 0 Å². The summed E-state index contributed by atoms with van der Waals surface area (Å²) in [5.74, 6) is -0.00500. The highest BCUT2D eigenvalue weighted by Crippen LogP contribution is 2.44. The second kappa shape index (κ2) is 18.0. The molecule has 14 nitrogen and oxygen atoms in total. The number of nitrogens with two attached hydrogens (primary N) is 2. The number of allylic oxidation sites excluding steroid dienone is 2. The van der Waals surface area contributed by atoms with Crippen molar-refractivity contribution in [2.45, 2.75) is 114 Å². The van der Waals surface area contributed by atoms with Crippen molar-refractivity contribution in [1.29, 1.82) is 0 Å². The zero-order valence-corrected chi connectivity index (χ0v) is 37.1.